The van der Waals surface area contributed by atoms with Gasteiger partial charge in [-0.2, -0.15) is 4.98 Å². The van der Waals surface area contributed by atoms with Crippen LogP contribution in [0.25, 0.3) is 0 Å². The van der Waals surface area contributed by atoms with Gasteiger partial charge in [0.1, 0.15) is 5.82 Å². The number of nitrogens with zero attached hydrogens (tertiary/aromatic N) is 2. The molecule has 1 aromatic heterocycles. The smallest absolute Gasteiger partial charge is 0.224 e. The zero-order valence-corrected chi connectivity index (χ0v) is 8.87. The average molecular weight is 209 g/mol. The lowest BCUT2D eigenvalue weighted by Crippen LogP contribution is -2.17. The number of aromatic nitrogens is 2. The number of primary amides is 1. The molecule has 0 bridgehead atoms. The summed E-state index contributed by atoms with van der Waals surface area (Å²) in [5.41, 5.74) is 5.96. The highest BCUT2D eigenvalue weighted by atomic mass is 16.1. The quantitative estimate of drug-likeness (QED) is 0.640. The molecule has 0 aliphatic heterocycles. The van der Waals surface area contributed by atoms with Gasteiger partial charge < -0.3 is 16.4 Å². The Morgan fingerprint density at radius 2 is 2.33 bits per heavy atom. The number of carbonyl (C=O) groups is 1. The minimum absolute atomic E-state index is 0.290. The maximum Gasteiger partial charge on any atom is 0.224 e. The van der Waals surface area contributed by atoms with Crippen LogP contribution in [0, 0.1) is 6.92 Å². The fraction of sp³-hybridized carbons (Fsp3) is 0.444. The average Bonchev–Trinajstić information content (AvgIpc) is 2.20. The molecule has 6 nitrogen and oxygen atoms in total. The van der Waals surface area contributed by atoms with Crippen LogP contribution in [0.2, 0.25) is 0 Å². The zero-order valence-electron chi connectivity index (χ0n) is 8.87. The molecule has 1 aromatic rings. The second kappa shape index (κ2) is 5.14. The van der Waals surface area contributed by atoms with Gasteiger partial charge in [0.05, 0.1) is 0 Å². The van der Waals surface area contributed by atoms with Crippen LogP contribution < -0.4 is 16.4 Å². The van der Waals surface area contributed by atoms with E-state index in [1.54, 1.807) is 13.2 Å². The number of aryl methyl sites for hydroxylation is 1. The van der Waals surface area contributed by atoms with Crippen LogP contribution in [0.1, 0.15) is 12.0 Å². The monoisotopic (exact) mass is 209 g/mol. The highest BCUT2D eigenvalue weighted by molar-refractivity contribution is 5.74. The van der Waals surface area contributed by atoms with Crippen molar-refractivity contribution in [3.63, 3.8) is 0 Å². The maximum absolute atomic E-state index is 10.5. The number of amides is 1. The molecule has 0 radical (unpaired) electrons. The lowest BCUT2D eigenvalue weighted by molar-refractivity contribution is -0.117. The van der Waals surface area contributed by atoms with Crippen molar-refractivity contribution in [2.45, 2.75) is 13.3 Å². The highest BCUT2D eigenvalue weighted by Crippen LogP contribution is 2.11. The van der Waals surface area contributed by atoms with E-state index in [2.05, 4.69) is 20.6 Å². The van der Waals surface area contributed by atoms with E-state index < -0.39 is 0 Å². The Morgan fingerprint density at radius 3 is 2.93 bits per heavy atom. The largest absolute Gasteiger partial charge is 0.370 e. The van der Waals surface area contributed by atoms with Gasteiger partial charge >= 0.3 is 0 Å². The van der Waals surface area contributed by atoms with Gasteiger partial charge in [0.25, 0.3) is 0 Å². The van der Waals surface area contributed by atoms with Gasteiger partial charge in [0.2, 0.25) is 11.9 Å². The second-order valence-electron chi connectivity index (χ2n) is 3.12. The summed E-state index contributed by atoms with van der Waals surface area (Å²) in [6.07, 6.45) is 2.00. The number of anilines is 2. The molecule has 0 aliphatic rings. The standard InChI is InChI=1S/C9H15N5O/c1-6-5-13-9(11-2)14-8(6)12-4-3-7(10)15/h5H,3-4H2,1-2H3,(H2,10,15)(H2,11,12,13,14). The molecule has 0 aliphatic carbocycles. The molecule has 0 fully saturated rings. The first-order chi connectivity index (χ1) is 7.13. The molecule has 0 unspecified atom stereocenters. The van der Waals surface area contributed by atoms with Crippen LogP contribution in [0.4, 0.5) is 11.8 Å². The van der Waals surface area contributed by atoms with Crippen molar-refractivity contribution < 1.29 is 4.79 Å². The van der Waals surface area contributed by atoms with Crippen molar-refractivity contribution >= 4 is 17.7 Å². The minimum atomic E-state index is -0.331. The first-order valence-corrected chi connectivity index (χ1v) is 4.67. The SMILES string of the molecule is CNc1ncc(C)c(NCCC(N)=O)n1. The topological polar surface area (TPSA) is 92.9 Å². The summed E-state index contributed by atoms with van der Waals surface area (Å²) >= 11 is 0. The molecule has 0 aromatic carbocycles. The minimum Gasteiger partial charge on any atom is -0.370 e. The van der Waals surface area contributed by atoms with Crippen LogP contribution >= 0.6 is 0 Å². The van der Waals surface area contributed by atoms with Crippen LogP contribution in [-0.4, -0.2) is 29.5 Å². The molecule has 1 heterocycles. The van der Waals surface area contributed by atoms with E-state index in [0.29, 0.717) is 18.9 Å². The number of hydrogen-bond acceptors (Lipinski definition) is 5. The summed E-state index contributed by atoms with van der Waals surface area (Å²) in [7, 11) is 1.75. The summed E-state index contributed by atoms with van der Waals surface area (Å²) in [5, 5.41) is 5.87. The number of nitrogens with one attached hydrogen (secondary N) is 2. The zero-order chi connectivity index (χ0) is 11.3. The van der Waals surface area contributed by atoms with Crippen molar-refractivity contribution in [1.29, 1.82) is 0 Å². The van der Waals surface area contributed by atoms with Crippen molar-refractivity contribution in [3.05, 3.63) is 11.8 Å². The van der Waals surface area contributed by atoms with Crippen molar-refractivity contribution in [2.75, 3.05) is 24.2 Å². The van der Waals surface area contributed by atoms with Crippen LogP contribution in [0.3, 0.4) is 0 Å². The molecule has 0 saturated carbocycles. The molecular weight excluding hydrogens is 194 g/mol. The molecule has 0 spiro atoms. The first kappa shape index (κ1) is 11.2. The van der Waals surface area contributed by atoms with Gasteiger partial charge in [0.15, 0.2) is 0 Å². The van der Waals surface area contributed by atoms with Crippen molar-refractivity contribution in [3.8, 4) is 0 Å². The summed E-state index contributed by atoms with van der Waals surface area (Å²) in [6.45, 7) is 2.38. The molecule has 6 heteroatoms. The lowest BCUT2D eigenvalue weighted by Gasteiger charge is -2.08. The van der Waals surface area contributed by atoms with E-state index in [1.165, 1.54) is 0 Å². The fourth-order valence-electron chi connectivity index (χ4n) is 1.05. The molecule has 1 rings (SSSR count). The molecular formula is C9H15N5O. The van der Waals surface area contributed by atoms with Gasteiger partial charge in [-0.05, 0) is 6.92 Å². The predicted octanol–water partition coefficient (Wildman–Crippen LogP) is 0.114. The molecule has 15 heavy (non-hydrogen) atoms. The Kier molecular flexibility index (Phi) is 3.84. The van der Waals surface area contributed by atoms with Crippen LogP contribution in [0.5, 0.6) is 0 Å². The number of nitrogens with two attached hydrogens (primary N) is 1. The van der Waals surface area contributed by atoms with Crippen molar-refractivity contribution in [2.24, 2.45) is 5.73 Å². The third-order valence-electron chi connectivity index (χ3n) is 1.86. The van der Waals surface area contributed by atoms with E-state index in [4.69, 9.17) is 5.73 Å². The molecule has 0 atom stereocenters. The first-order valence-electron chi connectivity index (χ1n) is 4.67. The van der Waals surface area contributed by atoms with E-state index >= 15 is 0 Å². The molecule has 82 valence electrons. The Hall–Kier alpha value is -1.85. The van der Waals surface area contributed by atoms with E-state index in [9.17, 15) is 4.79 Å². The molecule has 0 saturated heterocycles. The Morgan fingerprint density at radius 1 is 1.60 bits per heavy atom. The highest BCUT2D eigenvalue weighted by Gasteiger charge is 2.02. The third-order valence-corrected chi connectivity index (χ3v) is 1.86. The number of hydrogen-bond donors (Lipinski definition) is 3. The second-order valence-corrected chi connectivity index (χ2v) is 3.12. The lowest BCUT2D eigenvalue weighted by atomic mass is 10.3. The Bertz CT molecular complexity index is 352. The summed E-state index contributed by atoms with van der Waals surface area (Å²) < 4.78 is 0. The summed E-state index contributed by atoms with van der Waals surface area (Å²) in [6, 6.07) is 0. The third kappa shape index (κ3) is 3.41. The molecule has 4 N–H and O–H groups in total. The van der Waals surface area contributed by atoms with Gasteiger partial charge in [0, 0.05) is 31.8 Å². The van der Waals surface area contributed by atoms with Gasteiger partial charge in [-0.15, -0.1) is 0 Å². The van der Waals surface area contributed by atoms with E-state index in [1.807, 2.05) is 6.92 Å². The predicted molar refractivity (Wildman–Crippen MR) is 58.6 cm³/mol. The van der Waals surface area contributed by atoms with Crippen LogP contribution in [0.15, 0.2) is 6.20 Å². The summed E-state index contributed by atoms with van der Waals surface area (Å²) in [5.74, 6) is 0.931. The normalized spacial score (nSPS) is 9.73. The van der Waals surface area contributed by atoms with Gasteiger partial charge in [-0.1, -0.05) is 0 Å². The van der Waals surface area contributed by atoms with Crippen LogP contribution in [-0.2, 0) is 4.79 Å². The Labute approximate surface area is 88.3 Å². The van der Waals surface area contributed by atoms with Gasteiger partial charge in [-0.25, -0.2) is 4.98 Å². The van der Waals surface area contributed by atoms with E-state index in [0.717, 1.165) is 11.4 Å². The maximum atomic E-state index is 10.5. The summed E-state index contributed by atoms with van der Waals surface area (Å²) in [4.78, 5) is 18.8. The van der Waals surface area contributed by atoms with Gasteiger partial charge in [-0.3, -0.25) is 4.79 Å². The Balaban J connectivity index is 2.62. The van der Waals surface area contributed by atoms with E-state index in [-0.39, 0.29) is 5.91 Å². The number of carbonyl (C=O) groups excluding carboxylic acids is 1. The number of rotatable bonds is 5. The fourth-order valence-corrected chi connectivity index (χ4v) is 1.05. The van der Waals surface area contributed by atoms with Crippen molar-refractivity contribution in [1.82, 2.24) is 9.97 Å². The molecule has 1 amide bonds.